The molecule has 5 rings (SSSR count). The van der Waals surface area contributed by atoms with Crippen LogP contribution in [-0.2, 0) is 30.7 Å². The molecule has 0 N–H and O–H groups in total. The third-order valence-electron chi connectivity index (χ3n) is 4.76. The Morgan fingerprint density at radius 1 is 0.926 bits per heavy atom. The zero-order chi connectivity index (χ0) is 19.1. The van der Waals surface area contributed by atoms with Crippen LogP contribution >= 0.6 is 31.9 Å². The van der Waals surface area contributed by atoms with Crippen LogP contribution < -0.4 is 0 Å². The number of allylic oxidation sites excluding steroid dienone is 4. The van der Waals surface area contributed by atoms with Crippen molar-refractivity contribution in [2.75, 3.05) is 0 Å². The summed E-state index contributed by atoms with van der Waals surface area (Å²) in [5, 5.41) is 0. The van der Waals surface area contributed by atoms with Gasteiger partial charge in [-0.25, -0.2) is 12.2 Å². The summed E-state index contributed by atoms with van der Waals surface area (Å²) in [6.07, 6.45) is 18.3. The standard InChI is InChI=1S/C13H7Br2.C6H10.C5H5.Zr/c14-10-3-1-8-5-9-2-4-11(15)7-13(9)12(8)6-10;1-2-4-6-5-3-1;1-2-4-5-3-1;/h1,3-4,6-7H,5H2;1-5H2;1-3H,4H2;/q-1;;-1;+2. The van der Waals surface area contributed by atoms with Crippen LogP contribution in [0.1, 0.15) is 49.7 Å². The number of fused-ring (bicyclic) bond motifs is 3. The van der Waals surface area contributed by atoms with Crippen LogP contribution in [0.4, 0.5) is 0 Å². The summed E-state index contributed by atoms with van der Waals surface area (Å²) in [5.74, 6) is 0. The molecule has 3 aliphatic rings. The Morgan fingerprint density at radius 2 is 1.70 bits per heavy atom. The van der Waals surface area contributed by atoms with Gasteiger partial charge in [-0.15, -0.1) is 27.9 Å². The molecule has 0 bridgehead atoms. The van der Waals surface area contributed by atoms with Gasteiger partial charge in [0.25, 0.3) is 0 Å². The fourth-order valence-electron chi connectivity index (χ4n) is 3.35. The van der Waals surface area contributed by atoms with E-state index in [4.69, 9.17) is 0 Å². The van der Waals surface area contributed by atoms with Gasteiger partial charge in [0.1, 0.15) is 0 Å². The van der Waals surface area contributed by atoms with Crippen LogP contribution in [0.3, 0.4) is 0 Å². The molecule has 0 aliphatic heterocycles. The maximum absolute atomic E-state index is 3.51. The fourth-order valence-corrected chi connectivity index (χ4v) is 4.92. The van der Waals surface area contributed by atoms with Gasteiger partial charge in [-0.05, 0) is 18.1 Å². The second kappa shape index (κ2) is 11.0. The van der Waals surface area contributed by atoms with Gasteiger partial charge in [-0.3, -0.25) is 6.08 Å². The van der Waals surface area contributed by atoms with E-state index in [1.807, 2.05) is 18.2 Å². The molecule has 0 atom stereocenters. The summed E-state index contributed by atoms with van der Waals surface area (Å²) < 4.78 is 4.03. The first-order chi connectivity index (χ1) is 13.1. The second-order valence-corrected chi connectivity index (χ2v) is 10.4. The van der Waals surface area contributed by atoms with Crippen molar-refractivity contribution in [3.63, 3.8) is 0 Å². The zero-order valence-electron chi connectivity index (χ0n) is 15.3. The Kier molecular flexibility index (Phi) is 8.68. The molecule has 1 saturated carbocycles. The van der Waals surface area contributed by atoms with E-state index in [9.17, 15) is 0 Å². The van der Waals surface area contributed by atoms with Gasteiger partial charge in [-0.2, -0.15) is 29.8 Å². The number of hydrogen-bond donors (Lipinski definition) is 0. The number of benzene rings is 2. The Labute approximate surface area is 194 Å². The van der Waals surface area contributed by atoms with Gasteiger partial charge in [0, 0.05) is 4.47 Å². The first-order valence-electron chi connectivity index (χ1n) is 9.40. The molecular weight excluding hydrogens is 539 g/mol. The fraction of sp³-hybridized carbons (Fsp3) is 0.292. The Bertz CT molecular complexity index is 797. The number of rotatable bonds is 0. The van der Waals surface area contributed by atoms with Crippen molar-refractivity contribution >= 4 is 35.1 Å². The molecule has 3 heteroatoms. The predicted octanol–water partition coefficient (Wildman–Crippen LogP) is 7.56. The molecular formula is C24H22Br2Zr. The summed E-state index contributed by atoms with van der Waals surface area (Å²) in [6, 6.07) is 13.9. The van der Waals surface area contributed by atoms with Crippen molar-refractivity contribution in [2.24, 2.45) is 0 Å². The Hall–Kier alpha value is -0.367. The minimum absolute atomic E-state index is 1.01. The SMILES string of the molecule is Brc1c[c-]c2c(c1)-c1cc(Br)ccc1C2.[C-]1=CC=CC1.[Zr+2]=[C]1CCCCC1. The topological polar surface area (TPSA) is 0 Å². The van der Waals surface area contributed by atoms with Gasteiger partial charge in [-0.1, -0.05) is 38.1 Å². The van der Waals surface area contributed by atoms with Crippen LogP contribution in [0.2, 0.25) is 0 Å². The second-order valence-electron chi connectivity index (χ2n) is 6.86. The normalized spacial score (nSPS) is 16.1. The van der Waals surface area contributed by atoms with Crippen LogP contribution in [0.15, 0.2) is 57.5 Å². The molecule has 2 aromatic carbocycles. The van der Waals surface area contributed by atoms with Gasteiger partial charge < -0.3 is 0 Å². The maximum atomic E-state index is 3.51. The van der Waals surface area contributed by atoms with Crippen LogP contribution in [0.5, 0.6) is 0 Å². The molecule has 0 heterocycles. The van der Waals surface area contributed by atoms with Crippen LogP contribution in [-0.4, -0.2) is 3.21 Å². The van der Waals surface area contributed by atoms with E-state index < -0.39 is 0 Å². The van der Waals surface area contributed by atoms with E-state index in [0.717, 1.165) is 21.8 Å². The third-order valence-corrected chi connectivity index (χ3v) is 6.94. The summed E-state index contributed by atoms with van der Waals surface area (Å²) in [4.78, 5) is 0. The molecule has 27 heavy (non-hydrogen) atoms. The van der Waals surface area contributed by atoms with Gasteiger partial charge in [0.2, 0.25) is 0 Å². The first-order valence-corrected chi connectivity index (χ1v) is 12.2. The van der Waals surface area contributed by atoms with Crippen molar-refractivity contribution in [3.8, 4) is 11.1 Å². The van der Waals surface area contributed by atoms with E-state index in [1.165, 1.54) is 54.4 Å². The van der Waals surface area contributed by atoms with Crippen molar-refractivity contribution in [2.45, 2.75) is 44.9 Å². The van der Waals surface area contributed by atoms with Gasteiger partial charge >= 0.3 is 59.5 Å². The molecule has 0 radical (unpaired) electrons. The van der Waals surface area contributed by atoms with E-state index in [2.05, 4.69) is 74.3 Å². The average Bonchev–Trinajstić information content (AvgIpc) is 3.35. The molecule has 2 aromatic rings. The van der Waals surface area contributed by atoms with Gasteiger partial charge in [0.15, 0.2) is 0 Å². The average molecular weight is 561 g/mol. The zero-order valence-corrected chi connectivity index (χ0v) is 21.0. The van der Waals surface area contributed by atoms with Crippen molar-refractivity contribution in [1.29, 1.82) is 0 Å². The quantitative estimate of drug-likeness (QED) is 0.249. The molecule has 0 unspecified atom stereocenters. The monoisotopic (exact) mass is 558 g/mol. The molecule has 0 nitrogen and oxygen atoms in total. The van der Waals surface area contributed by atoms with E-state index in [1.54, 1.807) is 27.4 Å². The van der Waals surface area contributed by atoms with E-state index in [-0.39, 0.29) is 0 Å². The van der Waals surface area contributed by atoms with Crippen molar-refractivity contribution < 1.29 is 24.2 Å². The summed E-state index contributed by atoms with van der Waals surface area (Å²) in [7, 11) is 0. The third kappa shape index (κ3) is 6.58. The molecule has 0 spiro atoms. The number of halogens is 2. The molecule has 136 valence electrons. The predicted molar refractivity (Wildman–Crippen MR) is 119 cm³/mol. The van der Waals surface area contributed by atoms with Crippen LogP contribution in [0.25, 0.3) is 11.1 Å². The Balaban J connectivity index is 0.000000145. The first kappa shape index (κ1) is 21.3. The molecule has 0 amide bonds. The van der Waals surface area contributed by atoms with Gasteiger partial charge in [0.05, 0.1) is 0 Å². The van der Waals surface area contributed by atoms with E-state index >= 15 is 0 Å². The summed E-state index contributed by atoms with van der Waals surface area (Å²) >= 11 is 8.69. The molecule has 3 aliphatic carbocycles. The molecule has 1 fully saturated rings. The van der Waals surface area contributed by atoms with Crippen molar-refractivity contribution in [1.82, 2.24) is 0 Å². The molecule has 0 aromatic heterocycles. The van der Waals surface area contributed by atoms with Crippen molar-refractivity contribution in [3.05, 3.63) is 80.8 Å². The minimum atomic E-state index is 1.01. The Morgan fingerprint density at radius 3 is 2.30 bits per heavy atom. The van der Waals surface area contributed by atoms with Crippen LogP contribution in [0, 0.1) is 12.1 Å². The number of hydrogen-bond acceptors (Lipinski definition) is 0. The summed E-state index contributed by atoms with van der Waals surface area (Å²) in [6.45, 7) is 0. The summed E-state index contributed by atoms with van der Waals surface area (Å²) in [5.41, 5.74) is 5.33. The molecule has 0 saturated heterocycles. The van der Waals surface area contributed by atoms with E-state index in [0.29, 0.717) is 0 Å².